The minimum atomic E-state index is -1.01. The fourth-order valence-corrected chi connectivity index (χ4v) is 2.34. The van der Waals surface area contributed by atoms with Crippen LogP contribution in [0.1, 0.15) is 16.7 Å². The van der Waals surface area contributed by atoms with Crippen molar-refractivity contribution in [2.24, 2.45) is 5.92 Å². The predicted molar refractivity (Wildman–Crippen MR) is 76.1 cm³/mol. The number of carbonyl (C=O) groups is 1. The summed E-state index contributed by atoms with van der Waals surface area (Å²) < 4.78 is 26.8. The molecule has 0 aliphatic heterocycles. The third-order valence-electron chi connectivity index (χ3n) is 3.39. The normalized spacial score (nSPS) is 12.1. The fourth-order valence-electron chi connectivity index (χ4n) is 2.34. The molecule has 0 radical (unpaired) electrons. The topological polar surface area (TPSA) is 37.3 Å². The Morgan fingerprint density at radius 2 is 1.90 bits per heavy atom. The number of hydrogen-bond acceptors (Lipinski definition) is 1. The third kappa shape index (κ3) is 4.12. The lowest BCUT2D eigenvalue weighted by Crippen LogP contribution is -2.20. The molecule has 0 aromatic heterocycles. The first-order valence-corrected chi connectivity index (χ1v) is 6.68. The van der Waals surface area contributed by atoms with E-state index in [1.165, 1.54) is 0 Å². The first kappa shape index (κ1) is 15.2. The van der Waals surface area contributed by atoms with Crippen molar-refractivity contribution in [2.75, 3.05) is 0 Å². The third-order valence-corrected chi connectivity index (χ3v) is 3.39. The van der Waals surface area contributed by atoms with Gasteiger partial charge in [0, 0.05) is 0 Å². The van der Waals surface area contributed by atoms with Crippen molar-refractivity contribution in [3.63, 3.8) is 0 Å². The van der Waals surface area contributed by atoms with Crippen molar-refractivity contribution in [1.82, 2.24) is 0 Å². The van der Waals surface area contributed by atoms with Crippen LogP contribution in [0.5, 0.6) is 0 Å². The summed E-state index contributed by atoms with van der Waals surface area (Å²) in [5.74, 6) is -2.94. The van der Waals surface area contributed by atoms with E-state index >= 15 is 0 Å². The largest absolute Gasteiger partial charge is 0.481 e. The summed E-state index contributed by atoms with van der Waals surface area (Å²) in [6, 6.07) is 10.6. The number of benzene rings is 2. The standard InChI is InChI=1S/C17H16F2O2/c1-11-3-2-4-12(7-11)8-14(17(20)21)9-13-10-15(18)5-6-16(13)19/h2-7,10,14H,8-9H2,1H3,(H,20,21). The Labute approximate surface area is 122 Å². The van der Waals surface area contributed by atoms with E-state index in [0.29, 0.717) is 0 Å². The molecule has 0 fully saturated rings. The summed E-state index contributed by atoms with van der Waals surface area (Å²) in [6.07, 6.45) is 0.250. The van der Waals surface area contributed by atoms with Gasteiger partial charge in [0.2, 0.25) is 0 Å². The molecule has 2 aromatic rings. The number of carboxylic acids is 1. The van der Waals surface area contributed by atoms with Gasteiger partial charge in [-0.1, -0.05) is 29.8 Å². The number of aryl methyl sites for hydroxylation is 1. The molecule has 2 nitrogen and oxygen atoms in total. The Balaban J connectivity index is 2.20. The van der Waals surface area contributed by atoms with Crippen molar-refractivity contribution < 1.29 is 18.7 Å². The fraction of sp³-hybridized carbons (Fsp3) is 0.235. The molecule has 2 aromatic carbocycles. The molecule has 1 unspecified atom stereocenters. The van der Waals surface area contributed by atoms with Crippen LogP contribution in [-0.4, -0.2) is 11.1 Å². The van der Waals surface area contributed by atoms with Gasteiger partial charge in [0.15, 0.2) is 0 Å². The van der Waals surface area contributed by atoms with Gasteiger partial charge in [-0.15, -0.1) is 0 Å². The molecule has 110 valence electrons. The quantitative estimate of drug-likeness (QED) is 0.910. The van der Waals surface area contributed by atoms with Gasteiger partial charge in [0.05, 0.1) is 5.92 Å². The van der Waals surface area contributed by atoms with Crippen LogP contribution in [0.3, 0.4) is 0 Å². The van der Waals surface area contributed by atoms with E-state index < -0.39 is 23.5 Å². The number of hydrogen-bond donors (Lipinski definition) is 1. The predicted octanol–water partition coefficient (Wildman–Crippen LogP) is 3.76. The Morgan fingerprint density at radius 3 is 2.57 bits per heavy atom. The summed E-state index contributed by atoms with van der Waals surface area (Å²) >= 11 is 0. The zero-order valence-electron chi connectivity index (χ0n) is 11.6. The maximum Gasteiger partial charge on any atom is 0.307 e. The zero-order valence-corrected chi connectivity index (χ0v) is 11.6. The van der Waals surface area contributed by atoms with Crippen LogP contribution >= 0.6 is 0 Å². The highest BCUT2D eigenvalue weighted by Crippen LogP contribution is 2.19. The van der Waals surface area contributed by atoms with Crippen LogP contribution < -0.4 is 0 Å². The van der Waals surface area contributed by atoms with Crippen molar-refractivity contribution in [2.45, 2.75) is 19.8 Å². The zero-order chi connectivity index (χ0) is 15.4. The lowest BCUT2D eigenvalue weighted by molar-refractivity contribution is -0.141. The first-order valence-electron chi connectivity index (χ1n) is 6.68. The van der Waals surface area contributed by atoms with Crippen molar-refractivity contribution in [3.8, 4) is 0 Å². The average Bonchev–Trinajstić information content (AvgIpc) is 2.42. The van der Waals surface area contributed by atoms with Crippen LogP contribution in [0.25, 0.3) is 0 Å². The summed E-state index contributed by atoms with van der Waals surface area (Å²) in [5, 5.41) is 9.31. The van der Waals surface area contributed by atoms with E-state index in [4.69, 9.17) is 0 Å². The van der Waals surface area contributed by atoms with Crippen molar-refractivity contribution in [3.05, 3.63) is 70.8 Å². The number of aliphatic carboxylic acids is 1. The van der Waals surface area contributed by atoms with Gasteiger partial charge in [0.1, 0.15) is 11.6 Å². The van der Waals surface area contributed by atoms with Crippen LogP contribution in [0, 0.1) is 24.5 Å². The highest BCUT2D eigenvalue weighted by Gasteiger charge is 2.20. The summed E-state index contributed by atoms with van der Waals surface area (Å²) in [4.78, 5) is 11.4. The molecule has 21 heavy (non-hydrogen) atoms. The Bertz CT molecular complexity index is 653. The van der Waals surface area contributed by atoms with E-state index in [1.54, 1.807) is 0 Å². The molecule has 1 atom stereocenters. The second kappa shape index (κ2) is 6.48. The van der Waals surface area contributed by atoms with E-state index in [9.17, 15) is 18.7 Å². The lowest BCUT2D eigenvalue weighted by Gasteiger charge is -2.13. The molecule has 2 rings (SSSR count). The van der Waals surface area contributed by atoms with Gasteiger partial charge in [-0.3, -0.25) is 4.79 Å². The van der Waals surface area contributed by atoms with E-state index in [-0.39, 0.29) is 18.4 Å². The van der Waals surface area contributed by atoms with Gasteiger partial charge in [-0.2, -0.15) is 0 Å². The highest BCUT2D eigenvalue weighted by atomic mass is 19.1. The van der Waals surface area contributed by atoms with Crippen LogP contribution in [0.4, 0.5) is 8.78 Å². The van der Waals surface area contributed by atoms with E-state index in [2.05, 4.69) is 0 Å². The van der Waals surface area contributed by atoms with Gasteiger partial charge in [-0.05, 0) is 49.1 Å². The number of halogens is 2. The molecule has 0 heterocycles. The van der Waals surface area contributed by atoms with Gasteiger partial charge < -0.3 is 5.11 Å². The maximum atomic E-state index is 13.6. The van der Waals surface area contributed by atoms with Gasteiger partial charge in [-0.25, -0.2) is 8.78 Å². The summed E-state index contributed by atoms with van der Waals surface area (Å²) in [7, 11) is 0. The van der Waals surface area contributed by atoms with Gasteiger partial charge >= 0.3 is 5.97 Å². The minimum absolute atomic E-state index is 0.0349. The number of rotatable bonds is 5. The molecule has 0 bridgehead atoms. The molecule has 0 amide bonds. The second-order valence-electron chi connectivity index (χ2n) is 5.17. The average molecular weight is 290 g/mol. The second-order valence-corrected chi connectivity index (χ2v) is 5.17. The van der Waals surface area contributed by atoms with Crippen LogP contribution in [0.2, 0.25) is 0 Å². The first-order chi connectivity index (χ1) is 9.95. The maximum absolute atomic E-state index is 13.6. The van der Waals surface area contributed by atoms with Crippen LogP contribution in [0.15, 0.2) is 42.5 Å². The summed E-state index contributed by atoms with van der Waals surface area (Å²) in [6.45, 7) is 1.92. The summed E-state index contributed by atoms with van der Waals surface area (Å²) in [5.41, 5.74) is 2.00. The van der Waals surface area contributed by atoms with Gasteiger partial charge in [0.25, 0.3) is 0 Å². The Hall–Kier alpha value is -2.23. The lowest BCUT2D eigenvalue weighted by atomic mass is 9.92. The monoisotopic (exact) mass is 290 g/mol. The molecular weight excluding hydrogens is 274 g/mol. The SMILES string of the molecule is Cc1cccc(CC(Cc2cc(F)ccc2F)C(=O)O)c1. The molecule has 0 spiro atoms. The number of carboxylic acid groups (broad SMARTS) is 1. The molecule has 0 saturated carbocycles. The van der Waals surface area contributed by atoms with Crippen molar-refractivity contribution >= 4 is 5.97 Å². The Morgan fingerprint density at radius 1 is 1.14 bits per heavy atom. The van der Waals surface area contributed by atoms with E-state index in [1.807, 2.05) is 31.2 Å². The highest BCUT2D eigenvalue weighted by molar-refractivity contribution is 5.71. The van der Waals surface area contributed by atoms with Crippen LogP contribution in [-0.2, 0) is 17.6 Å². The molecule has 0 aliphatic rings. The van der Waals surface area contributed by atoms with Crippen molar-refractivity contribution in [1.29, 1.82) is 0 Å². The molecular formula is C17H16F2O2. The molecule has 0 saturated heterocycles. The van der Waals surface area contributed by atoms with E-state index in [0.717, 1.165) is 29.3 Å². The minimum Gasteiger partial charge on any atom is -0.481 e. The molecule has 4 heteroatoms. The molecule has 1 N–H and O–H groups in total. The molecule has 0 aliphatic carbocycles. The Kier molecular flexibility index (Phi) is 4.68. The smallest absolute Gasteiger partial charge is 0.307 e.